The zero-order chi connectivity index (χ0) is 32.0. The SMILES string of the molecule is FC(F)(F)c1ccc2c(c1)c1ccccc1n2-c1cc(-c2ccncc2)ccc1-c1nc(-c2ccccc2)nc(-c2ccccc2)n1. The van der Waals surface area contributed by atoms with Gasteiger partial charge in [0.25, 0.3) is 0 Å². The fourth-order valence-corrected chi connectivity index (χ4v) is 5.97. The van der Waals surface area contributed by atoms with E-state index in [9.17, 15) is 13.2 Å². The standard InChI is InChI=1S/C39H24F3N5/c40-39(41,42)29-16-18-34-32(24-29)30-13-7-8-14-33(30)47(34)35-23-28(25-19-21-43-22-20-25)15-17-31(35)38-45-36(26-9-3-1-4-10-26)44-37(46-38)27-11-5-2-6-12-27/h1-24H. The van der Waals surface area contributed by atoms with Gasteiger partial charge in [0.15, 0.2) is 17.5 Å². The molecular weight excluding hydrogens is 595 g/mol. The summed E-state index contributed by atoms with van der Waals surface area (Å²) in [6.07, 6.45) is -1.02. The van der Waals surface area contributed by atoms with Gasteiger partial charge in [-0.05, 0) is 59.7 Å². The molecule has 8 aromatic rings. The summed E-state index contributed by atoms with van der Waals surface area (Å²) < 4.78 is 43.7. The molecule has 5 nitrogen and oxygen atoms in total. The quantitative estimate of drug-likeness (QED) is 0.192. The van der Waals surface area contributed by atoms with E-state index in [0.717, 1.165) is 39.5 Å². The Labute approximate surface area is 267 Å². The highest BCUT2D eigenvalue weighted by molar-refractivity contribution is 6.10. The topological polar surface area (TPSA) is 56.5 Å². The van der Waals surface area contributed by atoms with Gasteiger partial charge in [0.2, 0.25) is 0 Å². The smallest absolute Gasteiger partial charge is 0.308 e. The van der Waals surface area contributed by atoms with E-state index in [1.165, 1.54) is 6.07 Å². The monoisotopic (exact) mass is 619 g/mol. The molecule has 0 bridgehead atoms. The van der Waals surface area contributed by atoms with E-state index in [1.54, 1.807) is 18.5 Å². The van der Waals surface area contributed by atoms with Crippen LogP contribution in [0.15, 0.2) is 146 Å². The van der Waals surface area contributed by atoms with Gasteiger partial charge in [0.05, 0.1) is 22.3 Å². The number of aromatic nitrogens is 5. The molecule has 5 aromatic carbocycles. The van der Waals surface area contributed by atoms with Gasteiger partial charge in [-0.1, -0.05) is 84.9 Å². The third-order valence-corrected chi connectivity index (χ3v) is 8.19. The summed E-state index contributed by atoms with van der Waals surface area (Å²) in [4.78, 5) is 19.0. The van der Waals surface area contributed by atoms with E-state index >= 15 is 0 Å². The molecule has 0 saturated carbocycles. The van der Waals surface area contributed by atoms with Gasteiger partial charge in [0, 0.05) is 39.9 Å². The Morgan fingerprint density at radius 1 is 0.468 bits per heavy atom. The first-order chi connectivity index (χ1) is 22.9. The minimum Gasteiger partial charge on any atom is -0.308 e. The fourth-order valence-electron chi connectivity index (χ4n) is 5.97. The van der Waals surface area contributed by atoms with Crippen LogP contribution in [0.5, 0.6) is 0 Å². The zero-order valence-corrected chi connectivity index (χ0v) is 24.7. The number of halogens is 3. The lowest BCUT2D eigenvalue weighted by Gasteiger charge is -2.16. The fraction of sp³-hybridized carbons (Fsp3) is 0.0256. The number of para-hydroxylation sites is 1. The van der Waals surface area contributed by atoms with Crippen LogP contribution in [-0.4, -0.2) is 24.5 Å². The Hall–Kier alpha value is -6.15. The van der Waals surface area contributed by atoms with E-state index in [4.69, 9.17) is 15.0 Å². The zero-order valence-electron chi connectivity index (χ0n) is 24.7. The molecule has 0 aliphatic heterocycles. The number of nitrogens with zero attached hydrogens (tertiary/aromatic N) is 5. The van der Waals surface area contributed by atoms with E-state index in [2.05, 4.69) is 4.98 Å². The van der Waals surface area contributed by atoms with Crippen LogP contribution in [0.25, 0.3) is 72.8 Å². The normalized spacial score (nSPS) is 11.7. The van der Waals surface area contributed by atoms with Crippen molar-refractivity contribution in [2.45, 2.75) is 6.18 Å². The minimum atomic E-state index is -4.48. The average Bonchev–Trinajstić information content (AvgIpc) is 3.45. The van der Waals surface area contributed by atoms with Gasteiger partial charge in [0.1, 0.15) is 0 Å². The third-order valence-electron chi connectivity index (χ3n) is 8.19. The molecule has 0 amide bonds. The van der Waals surface area contributed by atoms with Crippen LogP contribution in [0.2, 0.25) is 0 Å². The second-order valence-electron chi connectivity index (χ2n) is 11.1. The number of pyridine rings is 1. The Bertz CT molecular complexity index is 2330. The average molecular weight is 620 g/mol. The van der Waals surface area contributed by atoms with Crippen molar-refractivity contribution in [3.05, 3.63) is 151 Å². The maximum atomic E-state index is 13.9. The van der Waals surface area contributed by atoms with Gasteiger partial charge in [-0.15, -0.1) is 0 Å². The van der Waals surface area contributed by atoms with Gasteiger partial charge in [-0.25, -0.2) is 15.0 Å². The van der Waals surface area contributed by atoms with Crippen molar-refractivity contribution >= 4 is 21.8 Å². The predicted molar refractivity (Wildman–Crippen MR) is 179 cm³/mol. The molecule has 0 unspecified atom stereocenters. The van der Waals surface area contributed by atoms with E-state index in [-0.39, 0.29) is 0 Å². The second-order valence-corrected chi connectivity index (χ2v) is 11.1. The largest absolute Gasteiger partial charge is 0.416 e. The highest BCUT2D eigenvalue weighted by atomic mass is 19.4. The lowest BCUT2D eigenvalue weighted by atomic mass is 10.0. The number of rotatable bonds is 5. The number of fused-ring (bicyclic) bond motifs is 3. The van der Waals surface area contributed by atoms with Crippen molar-refractivity contribution in [3.63, 3.8) is 0 Å². The van der Waals surface area contributed by atoms with Crippen molar-refractivity contribution in [1.29, 1.82) is 0 Å². The predicted octanol–water partition coefficient (Wildman–Crippen LogP) is 10.1. The lowest BCUT2D eigenvalue weighted by molar-refractivity contribution is -0.137. The minimum absolute atomic E-state index is 0.437. The summed E-state index contributed by atoms with van der Waals surface area (Å²) in [5, 5.41) is 1.21. The Kier molecular flexibility index (Phi) is 6.83. The molecule has 3 heterocycles. The van der Waals surface area contributed by atoms with Crippen LogP contribution >= 0.6 is 0 Å². The number of benzene rings is 5. The Morgan fingerprint density at radius 2 is 1.06 bits per heavy atom. The molecule has 47 heavy (non-hydrogen) atoms. The molecule has 0 N–H and O–H groups in total. The second kappa shape index (κ2) is 11.3. The van der Waals surface area contributed by atoms with Gasteiger partial charge >= 0.3 is 6.18 Å². The van der Waals surface area contributed by atoms with Crippen LogP contribution in [0.4, 0.5) is 13.2 Å². The molecule has 8 rings (SSSR count). The molecule has 226 valence electrons. The van der Waals surface area contributed by atoms with Gasteiger partial charge < -0.3 is 4.57 Å². The maximum absolute atomic E-state index is 13.9. The molecule has 0 atom stereocenters. The van der Waals surface area contributed by atoms with Crippen molar-refractivity contribution in [1.82, 2.24) is 24.5 Å². The van der Waals surface area contributed by atoms with E-state index in [0.29, 0.717) is 39.3 Å². The van der Waals surface area contributed by atoms with Gasteiger partial charge in [-0.3, -0.25) is 4.98 Å². The first-order valence-corrected chi connectivity index (χ1v) is 15.0. The van der Waals surface area contributed by atoms with Gasteiger partial charge in [-0.2, -0.15) is 13.2 Å². The summed E-state index contributed by atoms with van der Waals surface area (Å²) in [5.41, 5.74) is 5.62. The molecule has 0 aliphatic carbocycles. The summed E-state index contributed by atoms with van der Waals surface area (Å²) >= 11 is 0. The van der Waals surface area contributed by atoms with Crippen LogP contribution in [0.1, 0.15) is 5.56 Å². The summed E-state index contributed by atoms with van der Waals surface area (Å²) in [5.74, 6) is 1.46. The summed E-state index contributed by atoms with van der Waals surface area (Å²) in [6, 6.07) is 40.6. The van der Waals surface area contributed by atoms with E-state index in [1.807, 2.05) is 120 Å². The molecule has 3 aromatic heterocycles. The van der Waals surface area contributed by atoms with E-state index < -0.39 is 11.7 Å². The molecule has 0 radical (unpaired) electrons. The number of alkyl halides is 3. The molecule has 0 fully saturated rings. The maximum Gasteiger partial charge on any atom is 0.416 e. The Morgan fingerprint density at radius 3 is 1.72 bits per heavy atom. The number of hydrogen-bond donors (Lipinski definition) is 0. The summed E-state index contributed by atoms with van der Waals surface area (Å²) in [6.45, 7) is 0. The summed E-state index contributed by atoms with van der Waals surface area (Å²) in [7, 11) is 0. The van der Waals surface area contributed by atoms with Crippen molar-refractivity contribution in [3.8, 4) is 51.0 Å². The first-order valence-electron chi connectivity index (χ1n) is 15.0. The number of hydrogen-bond acceptors (Lipinski definition) is 4. The molecule has 8 heteroatoms. The molecule has 0 spiro atoms. The lowest BCUT2D eigenvalue weighted by Crippen LogP contribution is -2.05. The molecule has 0 aliphatic rings. The molecular formula is C39H24F3N5. The van der Waals surface area contributed by atoms with Crippen LogP contribution in [0, 0.1) is 0 Å². The van der Waals surface area contributed by atoms with Crippen LogP contribution in [-0.2, 0) is 6.18 Å². The highest BCUT2D eigenvalue weighted by Crippen LogP contribution is 2.40. The first kappa shape index (κ1) is 28.3. The molecule has 0 saturated heterocycles. The highest BCUT2D eigenvalue weighted by Gasteiger charge is 2.31. The van der Waals surface area contributed by atoms with Crippen LogP contribution in [0.3, 0.4) is 0 Å². The van der Waals surface area contributed by atoms with Crippen LogP contribution < -0.4 is 0 Å². The van der Waals surface area contributed by atoms with Crippen molar-refractivity contribution in [2.24, 2.45) is 0 Å². The van der Waals surface area contributed by atoms with Crippen molar-refractivity contribution < 1.29 is 13.2 Å². The Balaban J connectivity index is 1.45. The van der Waals surface area contributed by atoms with Crippen molar-refractivity contribution in [2.75, 3.05) is 0 Å². The third kappa shape index (κ3) is 5.19.